The zero-order chi connectivity index (χ0) is 24.1. The number of unbranched alkanes of at least 4 members (excludes halogenated alkanes) is 1. The first-order valence-corrected chi connectivity index (χ1v) is 10.7. The van der Waals surface area contributed by atoms with Crippen molar-refractivity contribution in [2.24, 2.45) is 0 Å². The normalized spacial score (nSPS) is 11.0. The molecule has 0 atom stereocenters. The van der Waals surface area contributed by atoms with Gasteiger partial charge in [0.15, 0.2) is 5.82 Å². The molecule has 0 saturated heterocycles. The maximum absolute atomic E-state index is 14.5. The Kier molecular flexibility index (Phi) is 7.47. The summed E-state index contributed by atoms with van der Waals surface area (Å²) in [7, 11) is 1.34. The number of carbonyl (C=O) groups is 1. The van der Waals surface area contributed by atoms with E-state index in [1.165, 1.54) is 24.1 Å². The van der Waals surface area contributed by atoms with Gasteiger partial charge in [0, 0.05) is 6.04 Å². The number of benzene rings is 2. The fourth-order valence-electron chi connectivity index (χ4n) is 3.34. The molecule has 0 fully saturated rings. The zero-order valence-electron chi connectivity index (χ0n) is 19.4. The molecule has 0 aliphatic heterocycles. The lowest BCUT2D eigenvalue weighted by Gasteiger charge is -2.28. The molecule has 0 N–H and O–H groups in total. The van der Waals surface area contributed by atoms with Crippen LogP contribution < -0.4 is 20.1 Å². The maximum Gasteiger partial charge on any atom is 0.377 e. The molecule has 3 rings (SSSR count). The molecule has 0 radical (unpaired) electrons. The predicted octanol–water partition coefficient (Wildman–Crippen LogP) is 3.95. The Morgan fingerprint density at radius 3 is 2.61 bits per heavy atom. The lowest BCUT2D eigenvalue weighted by atomic mass is 10.1. The summed E-state index contributed by atoms with van der Waals surface area (Å²) in [4.78, 5) is 27.9. The molecule has 3 aromatic rings. The summed E-state index contributed by atoms with van der Waals surface area (Å²) in [6.45, 7) is 8.07. The molecule has 10 heteroatoms. The van der Waals surface area contributed by atoms with Gasteiger partial charge < -0.3 is 9.47 Å². The zero-order valence-corrected chi connectivity index (χ0v) is 19.4. The molecule has 0 aliphatic carbocycles. The number of anilines is 1. The second-order valence-corrected chi connectivity index (χ2v) is 7.80. The first-order chi connectivity index (χ1) is 15.8. The molecule has 0 bridgehead atoms. The first-order valence-electron chi connectivity index (χ1n) is 10.7. The molecule has 0 aliphatic rings. The number of rotatable bonds is 8. The quantitative estimate of drug-likeness (QED) is 0.376. The number of para-hydroxylation sites is 1. The molecular formula is C23H28FN5O4. The third kappa shape index (κ3) is 4.89. The standard InChI is InChI=1S/C23H28FN5O4/c1-6-7-13-33-19-12-11-16(4)14-18(19)27(15(2)3)22(30)29-23(31)28(25-26-29)21-17(24)9-8-10-20(21)32-5/h8-12,14-15H,6-7,13H2,1-5H3. The summed E-state index contributed by atoms with van der Waals surface area (Å²) >= 11 is 0. The van der Waals surface area contributed by atoms with Crippen LogP contribution in [-0.4, -0.2) is 45.6 Å². The van der Waals surface area contributed by atoms with Gasteiger partial charge in [0.05, 0.1) is 19.4 Å². The number of hydrogen-bond acceptors (Lipinski definition) is 6. The van der Waals surface area contributed by atoms with Crippen molar-refractivity contribution in [2.75, 3.05) is 18.6 Å². The van der Waals surface area contributed by atoms with E-state index in [9.17, 15) is 14.0 Å². The van der Waals surface area contributed by atoms with Crippen molar-refractivity contribution in [3.63, 3.8) is 0 Å². The molecule has 0 spiro atoms. The number of methoxy groups -OCH3 is 1. The Bertz CT molecular complexity index is 1190. The predicted molar refractivity (Wildman–Crippen MR) is 122 cm³/mol. The highest BCUT2D eigenvalue weighted by atomic mass is 19.1. The van der Waals surface area contributed by atoms with Crippen molar-refractivity contribution >= 4 is 11.7 Å². The van der Waals surface area contributed by atoms with Crippen LogP contribution in [0.1, 0.15) is 39.2 Å². The maximum atomic E-state index is 14.5. The van der Waals surface area contributed by atoms with Gasteiger partial charge >= 0.3 is 11.7 Å². The Balaban J connectivity index is 2.06. The summed E-state index contributed by atoms with van der Waals surface area (Å²) in [5.41, 5.74) is 0.281. The highest BCUT2D eigenvalue weighted by molar-refractivity contribution is 5.95. The number of carbonyl (C=O) groups excluding carboxylic acids is 1. The van der Waals surface area contributed by atoms with Crippen LogP contribution in [-0.2, 0) is 0 Å². The van der Waals surface area contributed by atoms with Gasteiger partial charge in [-0.3, -0.25) is 4.90 Å². The van der Waals surface area contributed by atoms with E-state index in [0.717, 1.165) is 24.5 Å². The van der Waals surface area contributed by atoms with E-state index in [-0.39, 0.29) is 17.5 Å². The summed E-state index contributed by atoms with van der Waals surface area (Å²) in [5, 5.41) is 7.46. The third-order valence-electron chi connectivity index (χ3n) is 5.00. The van der Waals surface area contributed by atoms with E-state index in [4.69, 9.17) is 9.47 Å². The molecule has 1 amide bonds. The van der Waals surface area contributed by atoms with Crippen LogP contribution >= 0.6 is 0 Å². The summed E-state index contributed by atoms with van der Waals surface area (Å²) in [5.74, 6) is -0.128. The summed E-state index contributed by atoms with van der Waals surface area (Å²) in [6.07, 6.45) is 1.83. The van der Waals surface area contributed by atoms with Gasteiger partial charge in [-0.25, -0.2) is 14.0 Å². The topological polar surface area (TPSA) is 91.5 Å². The number of hydrogen-bond donors (Lipinski definition) is 0. The van der Waals surface area contributed by atoms with Crippen LogP contribution in [0.2, 0.25) is 0 Å². The minimum atomic E-state index is -0.921. The van der Waals surface area contributed by atoms with Gasteiger partial charge in [-0.1, -0.05) is 25.5 Å². The molecule has 9 nitrogen and oxygen atoms in total. The molecule has 176 valence electrons. The highest BCUT2D eigenvalue weighted by Gasteiger charge is 2.29. The smallest absolute Gasteiger partial charge is 0.377 e. The first kappa shape index (κ1) is 24.0. The van der Waals surface area contributed by atoms with E-state index >= 15 is 0 Å². The minimum Gasteiger partial charge on any atom is -0.494 e. The minimum absolute atomic E-state index is 0.0857. The molecule has 1 heterocycles. The van der Waals surface area contributed by atoms with E-state index in [1.807, 2.05) is 32.9 Å². The fourth-order valence-corrected chi connectivity index (χ4v) is 3.34. The number of halogens is 1. The number of aromatic nitrogens is 4. The molecule has 0 unspecified atom stereocenters. The van der Waals surface area contributed by atoms with Crippen molar-refractivity contribution < 1.29 is 18.7 Å². The SMILES string of the molecule is CCCCOc1ccc(C)cc1N(C(=O)n1nnn(-c2c(F)cccc2OC)c1=O)C(C)C. The molecule has 0 saturated carbocycles. The Labute approximate surface area is 191 Å². The van der Waals surface area contributed by atoms with Crippen LogP contribution in [0.25, 0.3) is 5.69 Å². The number of tetrazole rings is 1. The van der Waals surface area contributed by atoms with Crippen LogP contribution in [0.4, 0.5) is 14.9 Å². The monoisotopic (exact) mass is 457 g/mol. The highest BCUT2D eigenvalue weighted by Crippen LogP contribution is 2.32. The van der Waals surface area contributed by atoms with Crippen molar-refractivity contribution in [3.05, 3.63) is 58.3 Å². The largest absolute Gasteiger partial charge is 0.494 e. The van der Waals surface area contributed by atoms with Gasteiger partial charge in [0.25, 0.3) is 0 Å². The van der Waals surface area contributed by atoms with Crippen molar-refractivity contribution in [2.45, 2.75) is 46.6 Å². The van der Waals surface area contributed by atoms with Gasteiger partial charge in [0.1, 0.15) is 17.2 Å². The second kappa shape index (κ2) is 10.3. The number of ether oxygens (including phenoxy) is 2. The van der Waals surface area contributed by atoms with E-state index in [0.29, 0.717) is 27.4 Å². The van der Waals surface area contributed by atoms with Crippen LogP contribution in [0.3, 0.4) is 0 Å². The molecule has 2 aromatic carbocycles. The van der Waals surface area contributed by atoms with Gasteiger partial charge in [-0.15, -0.1) is 4.68 Å². The Morgan fingerprint density at radius 1 is 1.18 bits per heavy atom. The lowest BCUT2D eigenvalue weighted by Crippen LogP contribution is -2.45. The lowest BCUT2D eigenvalue weighted by molar-refractivity contribution is 0.241. The average Bonchev–Trinajstić information content (AvgIpc) is 3.15. The van der Waals surface area contributed by atoms with E-state index in [1.54, 1.807) is 6.07 Å². The Morgan fingerprint density at radius 2 is 1.94 bits per heavy atom. The molecular weight excluding hydrogens is 429 g/mol. The number of aryl methyl sites for hydroxylation is 1. The van der Waals surface area contributed by atoms with E-state index < -0.39 is 17.5 Å². The summed E-state index contributed by atoms with van der Waals surface area (Å²) < 4.78 is 26.8. The van der Waals surface area contributed by atoms with Crippen molar-refractivity contribution in [3.8, 4) is 17.2 Å². The number of nitrogens with zero attached hydrogens (tertiary/aromatic N) is 5. The Hall–Kier alpha value is -3.69. The molecule has 33 heavy (non-hydrogen) atoms. The van der Waals surface area contributed by atoms with Gasteiger partial charge in [-0.05, 0) is 67.4 Å². The third-order valence-corrected chi connectivity index (χ3v) is 5.00. The van der Waals surface area contributed by atoms with E-state index in [2.05, 4.69) is 17.4 Å². The number of amides is 1. The molecule has 1 aromatic heterocycles. The van der Waals surface area contributed by atoms with Gasteiger partial charge in [-0.2, -0.15) is 4.68 Å². The van der Waals surface area contributed by atoms with Crippen molar-refractivity contribution in [1.82, 2.24) is 19.8 Å². The van der Waals surface area contributed by atoms with Crippen LogP contribution in [0.5, 0.6) is 11.5 Å². The van der Waals surface area contributed by atoms with Crippen LogP contribution in [0, 0.1) is 12.7 Å². The summed E-state index contributed by atoms with van der Waals surface area (Å²) in [6, 6.07) is 8.52. The average molecular weight is 458 g/mol. The van der Waals surface area contributed by atoms with Gasteiger partial charge in [0.2, 0.25) is 0 Å². The van der Waals surface area contributed by atoms with Crippen molar-refractivity contribution in [1.29, 1.82) is 0 Å². The fraction of sp³-hybridized carbons (Fsp3) is 0.391. The van der Waals surface area contributed by atoms with Crippen LogP contribution in [0.15, 0.2) is 41.2 Å². The second-order valence-electron chi connectivity index (χ2n) is 7.80.